The molecule has 8 heteroatoms. The van der Waals surface area contributed by atoms with Crippen LogP contribution in [0, 0.1) is 0 Å². The van der Waals surface area contributed by atoms with E-state index >= 15 is 0 Å². The van der Waals surface area contributed by atoms with Crippen LogP contribution >= 0.6 is 0 Å². The molecule has 4 rings (SSSR count). The molecule has 23 heavy (non-hydrogen) atoms. The van der Waals surface area contributed by atoms with Gasteiger partial charge in [-0.05, 0) is 6.92 Å². The van der Waals surface area contributed by atoms with E-state index in [0.29, 0.717) is 6.54 Å². The Morgan fingerprint density at radius 1 is 1.17 bits per heavy atom. The molecular weight excluding hydrogens is 292 g/mol. The maximum Gasteiger partial charge on any atom is 0.137 e. The lowest BCUT2D eigenvalue weighted by Crippen LogP contribution is -2.37. The van der Waals surface area contributed by atoms with Gasteiger partial charge in [-0.15, -0.1) is 0 Å². The Hall–Kier alpha value is -2.48. The second kappa shape index (κ2) is 5.62. The molecule has 0 fully saturated rings. The molecule has 0 aliphatic carbocycles. The van der Waals surface area contributed by atoms with Gasteiger partial charge in [0.25, 0.3) is 0 Å². The van der Waals surface area contributed by atoms with Crippen molar-refractivity contribution in [3.63, 3.8) is 0 Å². The lowest BCUT2D eigenvalue weighted by Gasteiger charge is -2.34. The molecule has 4 heterocycles. The highest BCUT2D eigenvalue weighted by Gasteiger charge is 2.27. The van der Waals surface area contributed by atoms with Crippen molar-refractivity contribution < 1.29 is 0 Å². The Labute approximate surface area is 134 Å². The Bertz CT molecular complexity index is 784. The number of imidazole rings is 1. The molecule has 0 saturated heterocycles. The number of nitrogens with zero attached hydrogens (tertiary/aromatic N) is 8. The van der Waals surface area contributed by atoms with Crippen molar-refractivity contribution in [1.29, 1.82) is 0 Å². The van der Waals surface area contributed by atoms with Gasteiger partial charge in [0.1, 0.15) is 18.5 Å². The first-order valence-electron chi connectivity index (χ1n) is 7.79. The second-order valence-corrected chi connectivity index (χ2v) is 6.02. The average molecular weight is 312 g/mol. The maximum absolute atomic E-state index is 4.65. The van der Waals surface area contributed by atoms with E-state index in [1.54, 1.807) is 12.7 Å². The Kier molecular flexibility index (Phi) is 3.45. The van der Waals surface area contributed by atoms with Crippen LogP contribution in [0.5, 0.6) is 0 Å². The molecule has 0 saturated carbocycles. The molecule has 0 amide bonds. The van der Waals surface area contributed by atoms with Crippen LogP contribution < -0.4 is 0 Å². The average Bonchev–Trinajstić information content (AvgIpc) is 3.25. The fourth-order valence-electron chi connectivity index (χ4n) is 3.21. The molecule has 0 aromatic carbocycles. The van der Waals surface area contributed by atoms with Crippen LogP contribution in [0.4, 0.5) is 0 Å². The van der Waals surface area contributed by atoms with Gasteiger partial charge in [0, 0.05) is 38.4 Å². The van der Waals surface area contributed by atoms with Gasteiger partial charge in [-0.1, -0.05) is 0 Å². The summed E-state index contributed by atoms with van der Waals surface area (Å²) in [6, 6.07) is 0.286. The third-order valence-corrected chi connectivity index (χ3v) is 4.44. The zero-order valence-electron chi connectivity index (χ0n) is 13.4. The molecular formula is C15H20N8. The van der Waals surface area contributed by atoms with Crippen molar-refractivity contribution >= 4 is 0 Å². The lowest BCUT2D eigenvalue weighted by atomic mass is 10.2. The highest BCUT2D eigenvalue weighted by Crippen LogP contribution is 2.26. The molecule has 1 atom stereocenters. The molecule has 1 aliphatic rings. The minimum absolute atomic E-state index is 0.286. The smallest absolute Gasteiger partial charge is 0.137 e. The Morgan fingerprint density at radius 3 is 2.83 bits per heavy atom. The van der Waals surface area contributed by atoms with E-state index in [-0.39, 0.29) is 6.04 Å². The number of aromatic nitrogens is 7. The summed E-state index contributed by atoms with van der Waals surface area (Å²) in [6.07, 6.45) is 9.27. The monoisotopic (exact) mass is 312 g/mol. The van der Waals surface area contributed by atoms with Crippen LogP contribution in [0.2, 0.25) is 0 Å². The summed E-state index contributed by atoms with van der Waals surface area (Å²) in [5, 5.41) is 8.43. The van der Waals surface area contributed by atoms with Crippen molar-refractivity contribution in [1.82, 2.24) is 39.0 Å². The molecule has 3 aromatic heterocycles. The zero-order valence-corrected chi connectivity index (χ0v) is 13.4. The highest BCUT2D eigenvalue weighted by molar-refractivity contribution is 5.13. The SMILES string of the molecule is CC1c2ncc(Cn3cncn3)n2CCN1Cc1cnn(C)c1. The Morgan fingerprint density at radius 2 is 2.09 bits per heavy atom. The summed E-state index contributed by atoms with van der Waals surface area (Å²) < 4.78 is 5.99. The first kappa shape index (κ1) is 14.1. The van der Waals surface area contributed by atoms with Crippen LogP contribution in [-0.2, 0) is 26.7 Å². The summed E-state index contributed by atoms with van der Waals surface area (Å²) in [7, 11) is 1.95. The fraction of sp³-hybridized carbons (Fsp3) is 0.467. The van der Waals surface area contributed by atoms with Crippen LogP contribution in [0.15, 0.2) is 31.2 Å². The first-order chi connectivity index (χ1) is 11.2. The van der Waals surface area contributed by atoms with Gasteiger partial charge < -0.3 is 4.57 Å². The van der Waals surface area contributed by atoms with Crippen molar-refractivity contribution in [2.45, 2.75) is 32.6 Å². The molecule has 1 aliphatic heterocycles. The zero-order chi connectivity index (χ0) is 15.8. The summed E-state index contributed by atoms with van der Waals surface area (Å²) in [6.45, 7) is 5.78. The first-order valence-corrected chi connectivity index (χ1v) is 7.79. The summed E-state index contributed by atoms with van der Waals surface area (Å²) >= 11 is 0. The van der Waals surface area contributed by atoms with Crippen molar-refractivity contribution in [3.8, 4) is 0 Å². The maximum atomic E-state index is 4.65. The molecule has 1 unspecified atom stereocenters. The topological polar surface area (TPSA) is 69.6 Å². The van der Waals surface area contributed by atoms with Gasteiger partial charge in [-0.2, -0.15) is 10.2 Å². The van der Waals surface area contributed by atoms with Crippen LogP contribution in [-0.4, -0.2) is 45.5 Å². The molecule has 0 radical (unpaired) electrons. The summed E-state index contributed by atoms with van der Waals surface area (Å²) in [4.78, 5) is 11.1. The molecule has 0 bridgehead atoms. The van der Waals surface area contributed by atoms with E-state index in [2.05, 4.69) is 42.8 Å². The standard InChI is InChI=1S/C15H20N8/c1-12-15-17-6-14(9-22-11-16-10-19-22)23(15)4-3-21(12)8-13-5-18-20(2)7-13/h5-7,10-12H,3-4,8-9H2,1-2H3. The predicted octanol–water partition coefficient (Wildman–Crippen LogP) is 0.833. The second-order valence-electron chi connectivity index (χ2n) is 6.02. The van der Waals surface area contributed by atoms with E-state index in [1.807, 2.05) is 28.8 Å². The van der Waals surface area contributed by atoms with Gasteiger partial charge in [0.15, 0.2) is 0 Å². The Balaban J connectivity index is 1.53. The number of hydrogen-bond donors (Lipinski definition) is 0. The number of aryl methyl sites for hydroxylation is 1. The van der Waals surface area contributed by atoms with E-state index in [1.165, 1.54) is 11.3 Å². The van der Waals surface area contributed by atoms with Crippen molar-refractivity contribution in [2.75, 3.05) is 6.54 Å². The van der Waals surface area contributed by atoms with Crippen LogP contribution in [0.3, 0.4) is 0 Å². The van der Waals surface area contributed by atoms with Gasteiger partial charge in [0.05, 0.1) is 30.7 Å². The third-order valence-electron chi connectivity index (χ3n) is 4.44. The highest BCUT2D eigenvalue weighted by atomic mass is 15.3. The molecule has 8 nitrogen and oxygen atoms in total. The van der Waals surface area contributed by atoms with Gasteiger partial charge in [-0.25, -0.2) is 14.6 Å². The van der Waals surface area contributed by atoms with E-state index < -0.39 is 0 Å². The quantitative estimate of drug-likeness (QED) is 0.714. The van der Waals surface area contributed by atoms with Gasteiger partial charge in [0.2, 0.25) is 0 Å². The normalized spacial score (nSPS) is 18.3. The molecule has 0 N–H and O–H groups in total. The summed E-state index contributed by atoms with van der Waals surface area (Å²) in [5.41, 5.74) is 2.42. The minimum Gasteiger partial charge on any atom is -0.328 e. The predicted molar refractivity (Wildman–Crippen MR) is 83.4 cm³/mol. The van der Waals surface area contributed by atoms with E-state index in [9.17, 15) is 0 Å². The lowest BCUT2D eigenvalue weighted by molar-refractivity contribution is 0.155. The van der Waals surface area contributed by atoms with Crippen molar-refractivity contribution in [2.24, 2.45) is 7.05 Å². The molecule has 0 spiro atoms. The van der Waals surface area contributed by atoms with E-state index in [0.717, 1.165) is 25.5 Å². The third kappa shape index (κ3) is 2.65. The van der Waals surface area contributed by atoms with Gasteiger partial charge in [-0.3, -0.25) is 9.58 Å². The largest absolute Gasteiger partial charge is 0.328 e. The van der Waals surface area contributed by atoms with E-state index in [4.69, 9.17) is 0 Å². The van der Waals surface area contributed by atoms with Crippen molar-refractivity contribution in [3.05, 3.63) is 48.3 Å². The minimum atomic E-state index is 0.286. The molecule has 120 valence electrons. The number of rotatable bonds is 4. The summed E-state index contributed by atoms with van der Waals surface area (Å²) in [5.74, 6) is 1.12. The van der Waals surface area contributed by atoms with Gasteiger partial charge >= 0.3 is 0 Å². The van der Waals surface area contributed by atoms with Crippen LogP contribution in [0.1, 0.15) is 30.0 Å². The fourth-order valence-corrected chi connectivity index (χ4v) is 3.21. The molecule has 3 aromatic rings. The number of fused-ring (bicyclic) bond motifs is 1. The van der Waals surface area contributed by atoms with Crippen LogP contribution in [0.25, 0.3) is 0 Å². The number of hydrogen-bond acceptors (Lipinski definition) is 5.